The Hall–Kier alpha value is -1.11. The Labute approximate surface area is 155 Å². The van der Waals surface area contributed by atoms with Gasteiger partial charge < -0.3 is 10.2 Å². The van der Waals surface area contributed by atoms with Crippen molar-refractivity contribution in [2.75, 3.05) is 26.7 Å². The average Bonchev–Trinajstić information content (AvgIpc) is 2.87. The van der Waals surface area contributed by atoms with Crippen LogP contribution in [0.4, 0.5) is 0 Å². The number of likely N-dealkylation sites (tertiary alicyclic amines) is 2. The van der Waals surface area contributed by atoms with Crippen LogP contribution in [-0.4, -0.2) is 60.4 Å². The van der Waals surface area contributed by atoms with E-state index in [1.165, 1.54) is 0 Å². The lowest BCUT2D eigenvalue weighted by molar-refractivity contribution is -0.131. The van der Waals surface area contributed by atoms with Crippen molar-refractivity contribution < 1.29 is 9.59 Å². The zero-order valence-electron chi connectivity index (χ0n) is 13.6. The fraction of sp³-hybridized carbons (Fsp3) is 0.529. The molecule has 0 bridgehead atoms. The topological polar surface area (TPSA) is 52.6 Å². The van der Waals surface area contributed by atoms with Crippen molar-refractivity contribution in [2.45, 2.75) is 31.3 Å². The van der Waals surface area contributed by atoms with Crippen molar-refractivity contribution in [2.24, 2.45) is 0 Å². The van der Waals surface area contributed by atoms with Crippen LogP contribution >= 0.6 is 27.5 Å². The minimum Gasteiger partial charge on any atom is -0.349 e. The highest BCUT2D eigenvalue weighted by molar-refractivity contribution is 9.10. The molecule has 2 saturated heterocycles. The molecule has 1 unspecified atom stereocenters. The van der Waals surface area contributed by atoms with Crippen molar-refractivity contribution in [1.82, 2.24) is 15.1 Å². The van der Waals surface area contributed by atoms with Gasteiger partial charge in [-0.15, -0.1) is 0 Å². The van der Waals surface area contributed by atoms with Crippen molar-refractivity contribution in [3.05, 3.63) is 33.3 Å². The number of rotatable bonds is 3. The third-order valence-electron chi connectivity index (χ3n) is 4.88. The Balaban J connectivity index is 1.54. The molecule has 1 N–H and O–H groups in total. The number of amides is 2. The summed E-state index contributed by atoms with van der Waals surface area (Å²) in [5, 5.41) is 3.51. The molecule has 1 aromatic carbocycles. The largest absolute Gasteiger partial charge is 0.349 e. The lowest BCUT2D eigenvalue weighted by Gasteiger charge is -2.35. The molecular weight excluding hydrogens is 394 g/mol. The van der Waals surface area contributed by atoms with Crippen LogP contribution in [0.5, 0.6) is 0 Å². The maximum atomic E-state index is 12.4. The van der Waals surface area contributed by atoms with E-state index >= 15 is 0 Å². The van der Waals surface area contributed by atoms with Gasteiger partial charge in [-0.25, -0.2) is 0 Å². The first-order valence-electron chi connectivity index (χ1n) is 8.20. The molecule has 130 valence electrons. The Kier molecular flexibility index (Phi) is 5.47. The Morgan fingerprint density at radius 1 is 1.25 bits per heavy atom. The van der Waals surface area contributed by atoms with Crippen LogP contribution in [0.3, 0.4) is 0 Å². The summed E-state index contributed by atoms with van der Waals surface area (Å²) in [7, 11) is 1.86. The van der Waals surface area contributed by atoms with Crippen molar-refractivity contribution in [3.63, 3.8) is 0 Å². The third kappa shape index (κ3) is 3.76. The highest BCUT2D eigenvalue weighted by Gasteiger charge is 2.35. The SMILES string of the molecule is CN1CCC(N2CCC(NC(=O)c3ccc(Br)cc3Cl)CC2)C1=O. The number of likely N-dealkylation sites (N-methyl/N-ethyl adjacent to an activating group) is 1. The summed E-state index contributed by atoms with van der Waals surface area (Å²) >= 11 is 9.48. The molecule has 2 amide bonds. The Morgan fingerprint density at radius 2 is 1.96 bits per heavy atom. The number of halogens is 2. The average molecular weight is 415 g/mol. The Morgan fingerprint density at radius 3 is 2.54 bits per heavy atom. The highest BCUT2D eigenvalue weighted by Crippen LogP contribution is 2.23. The van der Waals surface area contributed by atoms with Gasteiger partial charge in [-0.1, -0.05) is 27.5 Å². The van der Waals surface area contributed by atoms with Crippen molar-refractivity contribution >= 4 is 39.3 Å². The molecule has 0 spiro atoms. The van der Waals surface area contributed by atoms with E-state index in [4.69, 9.17) is 11.6 Å². The molecule has 24 heavy (non-hydrogen) atoms. The third-order valence-corrected chi connectivity index (χ3v) is 5.69. The fourth-order valence-electron chi connectivity index (χ4n) is 3.43. The summed E-state index contributed by atoms with van der Waals surface area (Å²) < 4.78 is 0.851. The van der Waals surface area contributed by atoms with Gasteiger partial charge in [0.2, 0.25) is 5.91 Å². The van der Waals surface area contributed by atoms with Crippen molar-refractivity contribution in [3.8, 4) is 0 Å². The van der Waals surface area contributed by atoms with E-state index in [2.05, 4.69) is 26.1 Å². The van der Waals surface area contributed by atoms with Crippen LogP contribution in [-0.2, 0) is 4.79 Å². The second-order valence-corrected chi connectivity index (χ2v) is 7.80. The molecule has 0 radical (unpaired) electrons. The quantitative estimate of drug-likeness (QED) is 0.827. The van der Waals surface area contributed by atoms with Crippen LogP contribution in [0, 0.1) is 0 Å². The van der Waals surface area contributed by atoms with E-state index in [-0.39, 0.29) is 23.9 Å². The maximum absolute atomic E-state index is 12.4. The molecule has 0 aliphatic carbocycles. The van der Waals surface area contributed by atoms with Crippen LogP contribution < -0.4 is 5.32 Å². The number of carbonyl (C=O) groups excluding carboxylic acids is 2. The van der Waals surface area contributed by atoms with E-state index in [1.54, 1.807) is 17.0 Å². The number of hydrogen-bond donors (Lipinski definition) is 1. The predicted molar refractivity (Wildman–Crippen MR) is 97.3 cm³/mol. The van der Waals surface area contributed by atoms with Gasteiger partial charge in [-0.3, -0.25) is 14.5 Å². The van der Waals surface area contributed by atoms with E-state index < -0.39 is 0 Å². The normalized spacial score (nSPS) is 22.9. The van der Waals surface area contributed by atoms with Gasteiger partial charge in [-0.05, 0) is 37.5 Å². The van der Waals surface area contributed by atoms with Crippen LogP contribution in [0.15, 0.2) is 22.7 Å². The molecule has 2 fully saturated rings. The summed E-state index contributed by atoms with van der Waals surface area (Å²) in [4.78, 5) is 28.6. The molecule has 1 atom stereocenters. The summed E-state index contributed by atoms with van der Waals surface area (Å²) in [6, 6.07) is 5.41. The zero-order chi connectivity index (χ0) is 17.3. The second kappa shape index (κ2) is 7.42. The molecular formula is C17H21BrClN3O2. The number of nitrogens with one attached hydrogen (secondary N) is 1. The zero-order valence-corrected chi connectivity index (χ0v) is 15.9. The minimum atomic E-state index is -0.136. The molecule has 2 aliphatic heterocycles. The maximum Gasteiger partial charge on any atom is 0.253 e. The lowest BCUT2D eigenvalue weighted by atomic mass is 10.0. The van der Waals surface area contributed by atoms with Gasteiger partial charge in [0.25, 0.3) is 5.91 Å². The number of carbonyl (C=O) groups is 2. The fourth-order valence-corrected chi connectivity index (χ4v) is 4.19. The van der Waals surface area contributed by atoms with Gasteiger partial charge in [-0.2, -0.15) is 0 Å². The molecule has 0 saturated carbocycles. The molecule has 5 nitrogen and oxygen atoms in total. The van der Waals surface area contributed by atoms with E-state index in [0.29, 0.717) is 10.6 Å². The summed E-state index contributed by atoms with van der Waals surface area (Å²) in [5.41, 5.74) is 0.495. The van der Waals surface area contributed by atoms with Gasteiger partial charge in [0.05, 0.1) is 16.6 Å². The van der Waals surface area contributed by atoms with Gasteiger partial charge >= 0.3 is 0 Å². The predicted octanol–water partition coefficient (Wildman–Crippen LogP) is 2.53. The minimum absolute atomic E-state index is 0.0209. The smallest absolute Gasteiger partial charge is 0.253 e. The number of hydrogen-bond acceptors (Lipinski definition) is 3. The lowest BCUT2D eigenvalue weighted by Crippen LogP contribution is -2.50. The summed E-state index contributed by atoms with van der Waals surface area (Å²) in [6.45, 7) is 2.51. The highest BCUT2D eigenvalue weighted by atomic mass is 79.9. The first kappa shape index (κ1) is 17.7. The van der Waals surface area contributed by atoms with E-state index in [0.717, 1.165) is 43.4 Å². The van der Waals surface area contributed by atoms with Crippen LogP contribution in [0.1, 0.15) is 29.6 Å². The molecule has 1 aromatic rings. The standard InChI is InChI=1S/C17H21BrClN3O2/c1-21-7-6-15(17(21)24)22-8-4-12(5-9-22)20-16(23)13-3-2-11(18)10-14(13)19/h2-3,10,12,15H,4-9H2,1H3,(H,20,23). The van der Waals surface area contributed by atoms with Gasteiger partial charge in [0.1, 0.15) is 0 Å². The Bertz CT molecular complexity index is 647. The summed E-state index contributed by atoms with van der Waals surface area (Å²) in [5.74, 6) is 0.0850. The molecule has 0 aromatic heterocycles. The molecule has 2 aliphatic rings. The van der Waals surface area contributed by atoms with E-state index in [1.807, 2.05) is 13.1 Å². The second-order valence-electron chi connectivity index (χ2n) is 6.47. The molecule has 3 rings (SSSR count). The van der Waals surface area contributed by atoms with Crippen molar-refractivity contribution in [1.29, 1.82) is 0 Å². The van der Waals surface area contributed by atoms with Crippen LogP contribution in [0.25, 0.3) is 0 Å². The number of benzene rings is 1. The molecule has 2 heterocycles. The summed E-state index contributed by atoms with van der Waals surface area (Å²) in [6.07, 6.45) is 2.61. The van der Waals surface area contributed by atoms with Gasteiger partial charge in [0.15, 0.2) is 0 Å². The number of nitrogens with zero attached hydrogens (tertiary/aromatic N) is 2. The monoisotopic (exact) mass is 413 g/mol. The van der Waals surface area contributed by atoms with Gasteiger partial charge in [0, 0.05) is 37.2 Å². The number of piperidine rings is 1. The first-order valence-corrected chi connectivity index (χ1v) is 9.38. The van der Waals surface area contributed by atoms with E-state index in [9.17, 15) is 9.59 Å². The first-order chi connectivity index (χ1) is 11.5. The van der Waals surface area contributed by atoms with Crippen LogP contribution in [0.2, 0.25) is 5.02 Å². The molecule has 7 heteroatoms.